The SMILES string of the molecule is Cc1cccc(-c2noc(C3CCCN(C(=O)Nc4ccccc4F)C3)n2)c1. The summed E-state index contributed by atoms with van der Waals surface area (Å²) >= 11 is 0. The molecule has 2 heterocycles. The third-order valence-corrected chi connectivity index (χ3v) is 4.89. The van der Waals surface area contributed by atoms with Gasteiger partial charge in [0.15, 0.2) is 0 Å². The van der Waals surface area contributed by atoms with Crippen molar-refractivity contribution in [3.63, 3.8) is 0 Å². The van der Waals surface area contributed by atoms with E-state index in [2.05, 4.69) is 15.5 Å². The van der Waals surface area contributed by atoms with Crippen LogP contribution >= 0.6 is 0 Å². The number of nitrogens with zero attached hydrogens (tertiary/aromatic N) is 3. The van der Waals surface area contributed by atoms with Crippen LogP contribution in [0.1, 0.15) is 30.2 Å². The van der Waals surface area contributed by atoms with Crippen molar-refractivity contribution in [1.29, 1.82) is 0 Å². The third-order valence-electron chi connectivity index (χ3n) is 4.89. The topological polar surface area (TPSA) is 71.3 Å². The van der Waals surface area contributed by atoms with Crippen LogP contribution in [0.5, 0.6) is 0 Å². The molecule has 144 valence electrons. The Bertz CT molecular complexity index is 988. The summed E-state index contributed by atoms with van der Waals surface area (Å²) in [5.74, 6) is 0.585. The molecule has 1 aliphatic heterocycles. The highest BCUT2D eigenvalue weighted by molar-refractivity contribution is 5.89. The number of carbonyl (C=O) groups excluding carboxylic acids is 1. The fourth-order valence-electron chi connectivity index (χ4n) is 3.42. The minimum absolute atomic E-state index is 0.0359. The normalized spacial score (nSPS) is 16.8. The molecule has 3 aromatic rings. The van der Waals surface area contributed by atoms with Gasteiger partial charge in [0.05, 0.1) is 11.6 Å². The molecule has 0 radical (unpaired) electrons. The fourth-order valence-corrected chi connectivity index (χ4v) is 3.42. The Morgan fingerprint density at radius 1 is 1.25 bits per heavy atom. The van der Waals surface area contributed by atoms with E-state index in [4.69, 9.17) is 4.52 Å². The molecule has 1 N–H and O–H groups in total. The van der Waals surface area contributed by atoms with Gasteiger partial charge in [-0.1, -0.05) is 41.1 Å². The van der Waals surface area contributed by atoms with Crippen LogP contribution in [-0.4, -0.2) is 34.2 Å². The summed E-state index contributed by atoms with van der Waals surface area (Å²) in [6.07, 6.45) is 1.68. The van der Waals surface area contributed by atoms with E-state index in [0.29, 0.717) is 24.8 Å². The summed E-state index contributed by atoms with van der Waals surface area (Å²) in [7, 11) is 0. The standard InChI is InChI=1S/C21H21FN4O2/c1-14-6-4-7-15(12-14)19-24-20(28-25-19)16-8-5-11-26(13-16)21(27)23-18-10-3-2-9-17(18)22/h2-4,6-7,9-10,12,16H,5,8,11,13H2,1H3,(H,23,27). The van der Waals surface area contributed by atoms with E-state index in [9.17, 15) is 9.18 Å². The summed E-state index contributed by atoms with van der Waals surface area (Å²) in [6, 6.07) is 13.7. The van der Waals surface area contributed by atoms with Crippen LogP contribution in [-0.2, 0) is 0 Å². The molecule has 0 spiro atoms. The first-order valence-corrected chi connectivity index (χ1v) is 9.31. The Hall–Kier alpha value is -3.22. The van der Waals surface area contributed by atoms with Gasteiger partial charge >= 0.3 is 6.03 Å². The van der Waals surface area contributed by atoms with Crippen molar-refractivity contribution >= 4 is 11.7 Å². The molecular formula is C21H21FN4O2. The fraction of sp³-hybridized carbons (Fsp3) is 0.286. The molecule has 0 saturated carbocycles. The van der Waals surface area contributed by atoms with Crippen LogP contribution in [0.4, 0.5) is 14.9 Å². The van der Waals surface area contributed by atoms with Crippen LogP contribution in [0.2, 0.25) is 0 Å². The van der Waals surface area contributed by atoms with Crippen molar-refractivity contribution in [3.05, 3.63) is 65.8 Å². The highest BCUT2D eigenvalue weighted by Gasteiger charge is 2.29. The molecule has 1 unspecified atom stereocenters. The number of rotatable bonds is 3. The van der Waals surface area contributed by atoms with E-state index in [1.54, 1.807) is 23.1 Å². The average Bonchev–Trinajstić information content (AvgIpc) is 3.20. The van der Waals surface area contributed by atoms with Gasteiger partial charge in [-0.3, -0.25) is 0 Å². The smallest absolute Gasteiger partial charge is 0.321 e. The summed E-state index contributed by atoms with van der Waals surface area (Å²) < 4.78 is 19.3. The van der Waals surface area contributed by atoms with Crippen LogP contribution in [0.25, 0.3) is 11.4 Å². The Morgan fingerprint density at radius 2 is 2.11 bits per heavy atom. The molecule has 6 nitrogen and oxygen atoms in total. The number of carbonyl (C=O) groups is 1. The molecule has 0 aliphatic carbocycles. The number of anilines is 1. The molecule has 2 amide bonds. The van der Waals surface area contributed by atoms with Gasteiger partial charge < -0.3 is 14.7 Å². The van der Waals surface area contributed by atoms with E-state index in [0.717, 1.165) is 24.0 Å². The summed E-state index contributed by atoms with van der Waals surface area (Å²) in [5, 5.41) is 6.73. The van der Waals surface area contributed by atoms with Gasteiger partial charge in [-0.2, -0.15) is 4.98 Å². The lowest BCUT2D eigenvalue weighted by Gasteiger charge is -2.31. The van der Waals surface area contributed by atoms with Crippen molar-refractivity contribution in [2.24, 2.45) is 0 Å². The van der Waals surface area contributed by atoms with E-state index in [-0.39, 0.29) is 17.6 Å². The monoisotopic (exact) mass is 380 g/mol. The van der Waals surface area contributed by atoms with E-state index >= 15 is 0 Å². The minimum atomic E-state index is -0.455. The van der Waals surface area contributed by atoms with Gasteiger partial charge in [-0.25, -0.2) is 9.18 Å². The second-order valence-electron chi connectivity index (χ2n) is 7.02. The van der Waals surface area contributed by atoms with Crippen molar-refractivity contribution < 1.29 is 13.7 Å². The van der Waals surface area contributed by atoms with Gasteiger partial charge in [0, 0.05) is 18.7 Å². The number of piperidine rings is 1. The highest BCUT2D eigenvalue weighted by Crippen LogP contribution is 2.28. The number of para-hydroxylation sites is 1. The third kappa shape index (κ3) is 3.88. The number of amides is 2. The molecule has 28 heavy (non-hydrogen) atoms. The summed E-state index contributed by atoms with van der Waals surface area (Å²) in [4.78, 5) is 18.7. The Balaban J connectivity index is 1.45. The van der Waals surface area contributed by atoms with Crippen LogP contribution < -0.4 is 5.32 Å². The number of urea groups is 1. The van der Waals surface area contributed by atoms with Gasteiger partial charge in [0.25, 0.3) is 0 Å². The number of aromatic nitrogens is 2. The first-order chi connectivity index (χ1) is 13.6. The number of nitrogens with one attached hydrogen (secondary N) is 1. The van der Waals surface area contributed by atoms with E-state index < -0.39 is 5.82 Å². The largest absolute Gasteiger partial charge is 0.339 e. The number of halogens is 1. The molecule has 1 atom stereocenters. The van der Waals surface area contributed by atoms with Gasteiger partial charge in [-0.05, 0) is 38.0 Å². The van der Waals surface area contributed by atoms with Gasteiger partial charge in [0.1, 0.15) is 5.82 Å². The molecule has 2 aromatic carbocycles. The van der Waals surface area contributed by atoms with E-state index in [1.165, 1.54) is 6.07 Å². The molecule has 0 bridgehead atoms. The quantitative estimate of drug-likeness (QED) is 0.721. The number of hydrogen-bond acceptors (Lipinski definition) is 4. The first-order valence-electron chi connectivity index (χ1n) is 9.31. The average molecular weight is 380 g/mol. The second-order valence-corrected chi connectivity index (χ2v) is 7.02. The molecule has 4 rings (SSSR count). The molecule has 1 aromatic heterocycles. The zero-order chi connectivity index (χ0) is 19.5. The molecule has 7 heteroatoms. The minimum Gasteiger partial charge on any atom is -0.339 e. The highest BCUT2D eigenvalue weighted by atomic mass is 19.1. The number of aryl methyl sites for hydroxylation is 1. The molecule has 1 aliphatic rings. The van der Waals surface area contributed by atoms with Crippen LogP contribution in [0.15, 0.2) is 53.1 Å². The summed E-state index contributed by atoms with van der Waals surface area (Å²) in [5.41, 5.74) is 2.20. The molecular weight excluding hydrogens is 359 g/mol. The zero-order valence-electron chi connectivity index (χ0n) is 15.6. The number of likely N-dealkylation sites (tertiary alicyclic amines) is 1. The van der Waals surface area contributed by atoms with Gasteiger partial charge in [-0.15, -0.1) is 0 Å². The maximum absolute atomic E-state index is 13.8. The number of benzene rings is 2. The van der Waals surface area contributed by atoms with Crippen molar-refractivity contribution in [2.75, 3.05) is 18.4 Å². The van der Waals surface area contributed by atoms with Crippen LogP contribution in [0.3, 0.4) is 0 Å². The maximum Gasteiger partial charge on any atom is 0.321 e. The molecule has 1 saturated heterocycles. The van der Waals surface area contributed by atoms with E-state index in [1.807, 2.05) is 31.2 Å². The lowest BCUT2D eigenvalue weighted by molar-refractivity contribution is 0.184. The predicted octanol–water partition coefficient (Wildman–Crippen LogP) is 4.60. The number of hydrogen-bond donors (Lipinski definition) is 1. The van der Waals surface area contributed by atoms with Crippen molar-refractivity contribution in [3.8, 4) is 11.4 Å². The van der Waals surface area contributed by atoms with Crippen molar-refractivity contribution in [1.82, 2.24) is 15.0 Å². The zero-order valence-corrected chi connectivity index (χ0v) is 15.6. The first kappa shape index (κ1) is 18.2. The maximum atomic E-state index is 13.8. The lowest BCUT2D eigenvalue weighted by Crippen LogP contribution is -2.41. The predicted molar refractivity (Wildman–Crippen MR) is 103 cm³/mol. The lowest BCUT2D eigenvalue weighted by atomic mass is 9.98. The van der Waals surface area contributed by atoms with Gasteiger partial charge in [0.2, 0.25) is 11.7 Å². The summed E-state index contributed by atoms with van der Waals surface area (Å²) in [6.45, 7) is 3.07. The molecule has 1 fully saturated rings. The Labute approximate surface area is 162 Å². The Morgan fingerprint density at radius 3 is 2.93 bits per heavy atom. The Kier molecular flexibility index (Phi) is 5.06. The second kappa shape index (κ2) is 7.80. The van der Waals surface area contributed by atoms with Crippen molar-refractivity contribution in [2.45, 2.75) is 25.7 Å². The van der Waals surface area contributed by atoms with Crippen LogP contribution in [0, 0.1) is 12.7 Å².